The molecule has 0 bridgehead atoms. The first kappa shape index (κ1) is 25.1. The van der Waals surface area contributed by atoms with Crippen LogP contribution in [0.4, 0.5) is 4.39 Å². The van der Waals surface area contributed by atoms with Crippen LogP contribution >= 0.6 is 0 Å². The van der Waals surface area contributed by atoms with E-state index >= 15 is 0 Å². The summed E-state index contributed by atoms with van der Waals surface area (Å²) in [4.78, 5) is 2.53. The van der Waals surface area contributed by atoms with Crippen molar-refractivity contribution in [1.29, 1.82) is 5.26 Å². The van der Waals surface area contributed by atoms with Gasteiger partial charge in [0.25, 0.3) is 0 Å². The quantitative estimate of drug-likeness (QED) is 0.301. The molecule has 35 heavy (non-hydrogen) atoms. The van der Waals surface area contributed by atoms with E-state index in [9.17, 15) is 9.65 Å². The Morgan fingerprint density at radius 2 is 1.40 bits per heavy atom. The molecule has 2 unspecified atom stereocenters. The fourth-order valence-electron chi connectivity index (χ4n) is 5.76. The van der Waals surface area contributed by atoms with Gasteiger partial charge < -0.3 is 0 Å². The lowest BCUT2D eigenvalue weighted by Gasteiger charge is -2.40. The van der Waals surface area contributed by atoms with Crippen LogP contribution in [0.3, 0.4) is 0 Å². The lowest BCUT2D eigenvalue weighted by Crippen LogP contribution is -2.39. The Bertz CT molecular complexity index is 1030. The van der Waals surface area contributed by atoms with Crippen LogP contribution < -0.4 is 0 Å². The molecule has 0 N–H and O–H groups in total. The lowest BCUT2D eigenvalue weighted by atomic mass is 9.63. The fourth-order valence-corrected chi connectivity index (χ4v) is 5.76. The Hall–Kier alpha value is -2.96. The van der Waals surface area contributed by atoms with Crippen molar-refractivity contribution in [2.75, 3.05) is 0 Å². The second-order valence-electron chi connectivity index (χ2n) is 10.2. The molecule has 3 aromatic carbocycles. The first-order valence-electron chi connectivity index (χ1n) is 13.1. The van der Waals surface area contributed by atoms with Crippen LogP contribution in [0.15, 0.2) is 84.9 Å². The van der Waals surface area contributed by atoms with Crippen molar-refractivity contribution in [2.24, 2.45) is 5.92 Å². The number of nitriles is 1. The number of rotatable bonds is 10. The summed E-state index contributed by atoms with van der Waals surface area (Å²) < 4.78 is 13.8. The Kier molecular flexibility index (Phi) is 8.72. The topological polar surface area (TPSA) is 27.0 Å². The van der Waals surface area contributed by atoms with Crippen LogP contribution in [0, 0.1) is 23.1 Å². The molecule has 0 saturated heterocycles. The summed E-state index contributed by atoms with van der Waals surface area (Å²) in [6.07, 6.45) is 7.48. The second kappa shape index (κ2) is 12.1. The monoisotopic (exact) mass is 468 g/mol. The zero-order chi connectivity index (χ0) is 24.5. The van der Waals surface area contributed by atoms with E-state index in [1.165, 1.54) is 42.5 Å². The maximum absolute atomic E-state index is 13.8. The van der Waals surface area contributed by atoms with E-state index in [4.69, 9.17) is 0 Å². The van der Waals surface area contributed by atoms with E-state index in [0.29, 0.717) is 12.0 Å². The van der Waals surface area contributed by atoms with Crippen molar-refractivity contribution in [3.63, 3.8) is 0 Å². The molecule has 3 heteroatoms. The predicted molar refractivity (Wildman–Crippen MR) is 141 cm³/mol. The van der Waals surface area contributed by atoms with Crippen molar-refractivity contribution in [3.05, 3.63) is 107 Å². The molecule has 0 amide bonds. The second-order valence-corrected chi connectivity index (χ2v) is 10.2. The zero-order valence-corrected chi connectivity index (χ0v) is 20.9. The van der Waals surface area contributed by atoms with Gasteiger partial charge in [-0.2, -0.15) is 5.26 Å². The van der Waals surface area contributed by atoms with Crippen molar-refractivity contribution < 1.29 is 4.39 Å². The van der Waals surface area contributed by atoms with Crippen molar-refractivity contribution >= 4 is 0 Å². The SMILES string of the molecule is CC(CCC(C#N)(c1ccc(F)cc1)C1CCCCC1)N(Cc1ccccc1)Cc1ccccc1. The summed E-state index contributed by atoms with van der Waals surface area (Å²) in [6.45, 7) is 4.03. The van der Waals surface area contributed by atoms with Gasteiger partial charge >= 0.3 is 0 Å². The van der Waals surface area contributed by atoms with Gasteiger partial charge in [0.2, 0.25) is 0 Å². The molecule has 2 atom stereocenters. The highest BCUT2D eigenvalue weighted by atomic mass is 19.1. The molecule has 0 aliphatic heterocycles. The van der Waals surface area contributed by atoms with Crippen LogP contribution in [0.5, 0.6) is 0 Å². The van der Waals surface area contributed by atoms with Crippen molar-refractivity contribution in [2.45, 2.75) is 76.4 Å². The highest BCUT2D eigenvalue weighted by molar-refractivity contribution is 5.34. The lowest BCUT2D eigenvalue weighted by molar-refractivity contribution is 0.159. The first-order chi connectivity index (χ1) is 17.1. The van der Waals surface area contributed by atoms with Crippen LogP contribution in [-0.2, 0) is 18.5 Å². The fraction of sp³-hybridized carbons (Fsp3) is 0.406. The molecule has 0 spiro atoms. The summed E-state index contributed by atoms with van der Waals surface area (Å²) in [6, 6.07) is 31.1. The minimum Gasteiger partial charge on any atom is -0.292 e. The maximum Gasteiger partial charge on any atom is 0.123 e. The molecule has 0 aromatic heterocycles. The van der Waals surface area contributed by atoms with E-state index in [-0.39, 0.29) is 5.82 Å². The van der Waals surface area contributed by atoms with Gasteiger partial charge in [0.05, 0.1) is 11.5 Å². The van der Waals surface area contributed by atoms with E-state index in [2.05, 4.69) is 78.6 Å². The highest BCUT2D eigenvalue weighted by Gasteiger charge is 2.41. The molecular formula is C32H37FN2. The zero-order valence-electron chi connectivity index (χ0n) is 20.9. The van der Waals surface area contributed by atoms with Crippen LogP contribution in [-0.4, -0.2) is 10.9 Å². The molecule has 1 aliphatic carbocycles. The number of hydrogen-bond donors (Lipinski definition) is 0. The van der Waals surface area contributed by atoms with Gasteiger partial charge in [-0.1, -0.05) is 92.1 Å². The number of benzene rings is 3. The number of halogens is 1. The maximum atomic E-state index is 13.8. The Morgan fingerprint density at radius 3 is 1.91 bits per heavy atom. The Labute approximate surface area is 210 Å². The third kappa shape index (κ3) is 6.38. The summed E-state index contributed by atoms with van der Waals surface area (Å²) >= 11 is 0. The molecule has 0 radical (unpaired) electrons. The van der Waals surface area contributed by atoms with Gasteiger partial charge in [-0.3, -0.25) is 4.90 Å². The van der Waals surface area contributed by atoms with Gasteiger partial charge in [-0.15, -0.1) is 0 Å². The van der Waals surface area contributed by atoms with Crippen LogP contribution in [0.1, 0.15) is 68.6 Å². The van der Waals surface area contributed by atoms with Crippen LogP contribution in [0.25, 0.3) is 0 Å². The minimum atomic E-state index is -0.562. The van der Waals surface area contributed by atoms with Gasteiger partial charge in [0, 0.05) is 19.1 Å². The van der Waals surface area contributed by atoms with Crippen molar-refractivity contribution in [1.82, 2.24) is 4.90 Å². The van der Waals surface area contributed by atoms with Gasteiger partial charge in [0.1, 0.15) is 5.82 Å². The van der Waals surface area contributed by atoms with E-state index in [1.807, 2.05) is 12.1 Å². The third-order valence-corrected chi connectivity index (χ3v) is 7.90. The van der Waals surface area contributed by atoms with E-state index < -0.39 is 5.41 Å². The van der Waals surface area contributed by atoms with E-state index in [0.717, 1.165) is 44.3 Å². The van der Waals surface area contributed by atoms with Gasteiger partial charge in [-0.25, -0.2) is 4.39 Å². The summed E-state index contributed by atoms with van der Waals surface area (Å²) in [5.74, 6) is 0.0881. The molecule has 182 valence electrons. The normalized spacial score (nSPS) is 17.0. The Balaban J connectivity index is 1.57. The molecule has 1 fully saturated rings. The molecule has 4 rings (SSSR count). The van der Waals surface area contributed by atoms with E-state index in [1.54, 1.807) is 0 Å². The predicted octanol–water partition coefficient (Wildman–Crippen LogP) is 8.04. The highest BCUT2D eigenvalue weighted by Crippen LogP contribution is 2.44. The largest absolute Gasteiger partial charge is 0.292 e. The summed E-state index contributed by atoms with van der Waals surface area (Å²) in [7, 11) is 0. The summed E-state index contributed by atoms with van der Waals surface area (Å²) in [5, 5.41) is 10.6. The summed E-state index contributed by atoms with van der Waals surface area (Å²) in [5.41, 5.74) is 3.02. The Morgan fingerprint density at radius 1 is 0.857 bits per heavy atom. The number of hydrogen-bond acceptors (Lipinski definition) is 2. The van der Waals surface area contributed by atoms with Crippen LogP contribution in [0.2, 0.25) is 0 Å². The smallest absolute Gasteiger partial charge is 0.123 e. The minimum absolute atomic E-state index is 0.241. The molecule has 2 nitrogen and oxygen atoms in total. The molecule has 3 aromatic rings. The standard InChI is InChI=1S/C32H37FN2/c1-26(35(23-27-11-5-2-6-12-27)24-28-13-7-3-8-14-28)21-22-32(25-34,29-15-9-4-10-16-29)30-17-19-31(33)20-18-30/h2-3,5-8,11-14,17-20,26,29H,4,9-10,15-16,21-24H2,1H3. The molecule has 1 aliphatic rings. The first-order valence-corrected chi connectivity index (χ1v) is 13.1. The third-order valence-electron chi connectivity index (χ3n) is 7.90. The average molecular weight is 469 g/mol. The molecular weight excluding hydrogens is 431 g/mol. The molecule has 1 saturated carbocycles. The van der Waals surface area contributed by atoms with Crippen molar-refractivity contribution in [3.8, 4) is 6.07 Å². The van der Waals surface area contributed by atoms with Gasteiger partial charge in [-0.05, 0) is 67.3 Å². The average Bonchev–Trinajstić information content (AvgIpc) is 2.91. The van der Waals surface area contributed by atoms with Gasteiger partial charge in [0.15, 0.2) is 0 Å². The molecule has 0 heterocycles. The number of nitrogens with zero attached hydrogens (tertiary/aromatic N) is 2.